The van der Waals surface area contributed by atoms with Crippen molar-refractivity contribution in [2.45, 2.75) is 55.6 Å². The van der Waals surface area contributed by atoms with Gasteiger partial charge < -0.3 is 10.2 Å². The maximum absolute atomic E-state index is 12.9. The number of carbonyl (C=O) groups is 1. The van der Waals surface area contributed by atoms with E-state index in [1.165, 1.54) is 80.4 Å². The van der Waals surface area contributed by atoms with Crippen LogP contribution in [0.2, 0.25) is 0 Å². The Balaban J connectivity index is 1.13. The van der Waals surface area contributed by atoms with Gasteiger partial charge in [-0.25, -0.2) is 0 Å². The number of hydrogen-bond donors (Lipinski definition) is 2. The molecule has 1 saturated heterocycles. The predicted molar refractivity (Wildman–Crippen MR) is 213 cm³/mol. The predicted octanol–water partition coefficient (Wildman–Crippen LogP) is 8.89. The van der Waals surface area contributed by atoms with E-state index in [4.69, 9.17) is 0 Å². The molecule has 1 aliphatic rings. The number of thioether (sulfide) groups is 1. The zero-order chi connectivity index (χ0) is 34.0. The largest absolute Gasteiger partial charge is 0.354 e. The molecule has 260 valence electrons. The molecule has 5 rings (SSSR count). The second kappa shape index (κ2) is 20.6. The second-order valence-electron chi connectivity index (χ2n) is 13.3. The number of piperidine rings is 1. The summed E-state index contributed by atoms with van der Waals surface area (Å²) in [5.41, 5.74) is 5.33. The summed E-state index contributed by atoms with van der Waals surface area (Å²) in [6, 6.07) is 43.7. The van der Waals surface area contributed by atoms with Crippen LogP contribution < -0.4 is 5.32 Å². The molecule has 4 aromatic rings. The molecular formula is C43H55N3OS2. The van der Waals surface area contributed by atoms with Crippen LogP contribution >= 0.6 is 24.4 Å². The van der Waals surface area contributed by atoms with Gasteiger partial charge in [-0.3, -0.25) is 9.69 Å². The van der Waals surface area contributed by atoms with Crippen molar-refractivity contribution in [3.05, 3.63) is 144 Å². The molecule has 0 bridgehead atoms. The SMILES string of the molecule is O=C(CN(CCCCCCCN1CCC(c2ccccc2)CC1)CCSC(c1ccccc1)(c1ccccc1)c1ccccc1)NCCS. The van der Waals surface area contributed by atoms with Crippen molar-refractivity contribution in [3.63, 3.8) is 0 Å². The highest BCUT2D eigenvalue weighted by Gasteiger charge is 2.36. The smallest absolute Gasteiger partial charge is 0.234 e. The Morgan fingerprint density at radius 1 is 0.714 bits per heavy atom. The van der Waals surface area contributed by atoms with Gasteiger partial charge in [-0.05, 0) is 80.0 Å². The van der Waals surface area contributed by atoms with Gasteiger partial charge in [0.05, 0.1) is 11.3 Å². The lowest BCUT2D eigenvalue weighted by atomic mass is 9.84. The van der Waals surface area contributed by atoms with Crippen molar-refractivity contribution in [3.8, 4) is 0 Å². The van der Waals surface area contributed by atoms with E-state index in [2.05, 4.69) is 149 Å². The first-order valence-corrected chi connectivity index (χ1v) is 20.0. The maximum Gasteiger partial charge on any atom is 0.234 e. The normalized spacial score (nSPS) is 14.2. The number of rotatable bonds is 20. The van der Waals surface area contributed by atoms with Crippen LogP contribution in [0.4, 0.5) is 0 Å². The summed E-state index contributed by atoms with van der Waals surface area (Å²) in [6.07, 6.45) is 8.71. The minimum absolute atomic E-state index is 0.0931. The van der Waals surface area contributed by atoms with Gasteiger partial charge in [-0.15, -0.1) is 11.8 Å². The van der Waals surface area contributed by atoms with E-state index in [9.17, 15) is 4.79 Å². The van der Waals surface area contributed by atoms with Crippen LogP contribution in [0.3, 0.4) is 0 Å². The van der Waals surface area contributed by atoms with Crippen LogP contribution in [0.5, 0.6) is 0 Å². The lowest BCUT2D eigenvalue weighted by molar-refractivity contribution is -0.122. The highest BCUT2D eigenvalue weighted by atomic mass is 32.2. The van der Waals surface area contributed by atoms with Gasteiger partial charge in [-0.1, -0.05) is 141 Å². The minimum Gasteiger partial charge on any atom is -0.354 e. The van der Waals surface area contributed by atoms with Crippen molar-refractivity contribution in [2.24, 2.45) is 0 Å². The van der Waals surface area contributed by atoms with Crippen molar-refractivity contribution < 1.29 is 4.79 Å². The molecule has 1 fully saturated rings. The van der Waals surface area contributed by atoms with Gasteiger partial charge in [0.15, 0.2) is 0 Å². The summed E-state index contributed by atoms with van der Waals surface area (Å²) in [6.45, 7) is 6.50. The number of amides is 1. The number of likely N-dealkylation sites (tertiary alicyclic amines) is 1. The van der Waals surface area contributed by atoms with Crippen LogP contribution in [-0.2, 0) is 9.54 Å². The Labute approximate surface area is 305 Å². The maximum atomic E-state index is 12.9. The highest BCUT2D eigenvalue weighted by Crippen LogP contribution is 2.48. The van der Waals surface area contributed by atoms with Crippen molar-refractivity contribution in [2.75, 3.05) is 57.3 Å². The molecular weight excluding hydrogens is 639 g/mol. The van der Waals surface area contributed by atoms with Gasteiger partial charge in [0.25, 0.3) is 0 Å². The lowest BCUT2D eigenvalue weighted by Crippen LogP contribution is -2.40. The molecule has 1 amide bonds. The first kappa shape index (κ1) is 37.2. The van der Waals surface area contributed by atoms with Crippen LogP contribution in [0, 0.1) is 0 Å². The average molecular weight is 694 g/mol. The fourth-order valence-electron chi connectivity index (χ4n) is 7.24. The fourth-order valence-corrected chi connectivity index (χ4v) is 8.91. The molecule has 6 heteroatoms. The monoisotopic (exact) mass is 693 g/mol. The highest BCUT2D eigenvalue weighted by molar-refractivity contribution is 8.00. The van der Waals surface area contributed by atoms with E-state index in [-0.39, 0.29) is 10.7 Å². The minimum atomic E-state index is -0.347. The number of unbranched alkanes of at least 4 members (excludes halogenated alkanes) is 4. The van der Waals surface area contributed by atoms with E-state index < -0.39 is 0 Å². The molecule has 0 radical (unpaired) electrons. The summed E-state index contributed by atoms with van der Waals surface area (Å²) < 4.78 is -0.347. The van der Waals surface area contributed by atoms with Gasteiger partial charge in [0, 0.05) is 24.6 Å². The molecule has 49 heavy (non-hydrogen) atoms. The van der Waals surface area contributed by atoms with Gasteiger partial charge in [0.2, 0.25) is 5.91 Å². The Kier molecular flexibility index (Phi) is 15.7. The summed E-state index contributed by atoms with van der Waals surface area (Å²) >= 11 is 6.27. The number of nitrogens with zero attached hydrogens (tertiary/aromatic N) is 2. The summed E-state index contributed by atoms with van der Waals surface area (Å²) in [5.74, 6) is 2.38. The lowest BCUT2D eigenvalue weighted by Gasteiger charge is -2.36. The molecule has 1 aliphatic heterocycles. The van der Waals surface area contributed by atoms with E-state index in [0.29, 0.717) is 18.8 Å². The van der Waals surface area contributed by atoms with Gasteiger partial charge >= 0.3 is 0 Å². The number of benzene rings is 4. The van der Waals surface area contributed by atoms with Crippen molar-refractivity contribution in [1.82, 2.24) is 15.1 Å². The van der Waals surface area contributed by atoms with Crippen LogP contribution in [0.15, 0.2) is 121 Å². The topological polar surface area (TPSA) is 35.6 Å². The molecule has 0 aromatic heterocycles. The van der Waals surface area contributed by atoms with E-state index in [0.717, 1.165) is 31.2 Å². The van der Waals surface area contributed by atoms with Crippen LogP contribution in [-0.4, -0.2) is 73.0 Å². The van der Waals surface area contributed by atoms with E-state index in [1.54, 1.807) is 0 Å². The molecule has 4 aromatic carbocycles. The Hall–Kier alpha value is -3.03. The third-order valence-corrected chi connectivity index (χ3v) is 11.6. The zero-order valence-electron chi connectivity index (χ0n) is 29.1. The van der Waals surface area contributed by atoms with E-state index >= 15 is 0 Å². The summed E-state index contributed by atoms with van der Waals surface area (Å²) in [4.78, 5) is 17.9. The molecule has 0 spiro atoms. The molecule has 0 atom stereocenters. The Morgan fingerprint density at radius 3 is 1.78 bits per heavy atom. The number of hydrogen-bond acceptors (Lipinski definition) is 5. The third kappa shape index (κ3) is 11.2. The molecule has 0 aliphatic carbocycles. The number of thiol groups is 1. The molecule has 1 N–H and O–H groups in total. The Bertz CT molecular complexity index is 1370. The third-order valence-electron chi connectivity index (χ3n) is 9.88. The van der Waals surface area contributed by atoms with Gasteiger partial charge in [-0.2, -0.15) is 12.6 Å². The average Bonchev–Trinajstić information content (AvgIpc) is 3.17. The quantitative estimate of drug-likeness (QED) is 0.0551. The zero-order valence-corrected chi connectivity index (χ0v) is 30.8. The number of nitrogens with one attached hydrogen (secondary N) is 1. The van der Waals surface area contributed by atoms with Gasteiger partial charge in [0.1, 0.15) is 0 Å². The number of carbonyl (C=O) groups excluding carboxylic acids is 1. The first-order chi connectivity index (χ1) is 24.2. The Morgan fingerprint density at radius 2 is 1.22 bits per heavy atom. The molecule has 0 saturated carbocycles. The molecule has 1 heterocycles. The van der Waals surface area contributed by atoms with Crippen LogP contribution in [0.25, 0.3) is 0 Å². The first-order valence-electron chi connectivity index (χ1n) is 18.4. The van der Waals surface area contributed by atoms with E-state index in [1.807, 2.05) is 11.8 Å². The summed E-state index contributed by atoms with van der Waals surface area (Å²) in [5, 5.41) is 3.04. The van der Waals surface area contributed by atoms with Crippen molar-refractivity contribution >= 4 is 30.3 Å². The second-order valence-corrected chi connectivity index (χ2v) is 15.0. The molecule has 0 unspecified atom stereocenters. The fraction of sp³-hybridized carbons (Fsp3) is 0.419. The van der Waals surface area contributed by atoms with Crippen LogP contribution in [0.1, 0.15) is 73.1 Å². The van der Waals surface area contributed by atoms with Crippen molar-refractivity contribution in [1.29, 1.82) is 0 Å². The molecule has 4 nitrogen and oxygen atoms in total. The standard InChI is InChI=1S/C43H55N3OS2/c47-42(44-28-34-48)36-46(30-17-3-1-2-16-29-45-31-26-38(27-32-45)37-18-8-4-9-19-37)33-35-49-43(39-20-10-5-11-21-39,40-22-12-6-13-23-40)41-24-14-7-15-25-41/h4-15,18-25,38,48H,1-3,16-17,26-36H2,(H,44,47). The summed E-state index contributed by atoms with van der Waals surface area (Å²) in [7, 11) is 0.